The van der Waals surface area contributed by atoms with Gasteiger partial charge in [0.1, 0.15) is 5.75 Å². The summed E-state index contributed by atoms with van der Waals surface area (Å²) in [7, 11) is 0. The van der Waals surface area contributed by atoms with E-state index in [0.717, 1.165) is 48.8 Å². The number of rotatable bonds is 13. The van der Waals surface area contributed by atoms with E-state index < -0.39 is 0 Å². The van der Waals surface area contributed by atoms with Gasteiger partial charge in [0.05, 0.1) is 13.2 Å². The zero-order chi connectivity index (χ0) is 19.3. The molecule has 0 bridgehead atoms. The van der Waals surface area contributed by atoms with Gasteiger partial charge in [-0.2, -0.15) is 0 Å². The number of benzene rings is 1. The van der Waals surface area contributed by atoms with Crippen molar-refractivity contribution < 1.29 is 9.47 Å². The van der Waals surface area contributed by atoms with Crippen LogP contribution in [0.4, 0.5) is 0 Å². The van der Waals surface area contributed by atoms with Gasteiger partial charge < -0.3 is 9.47 Å². The summed E-state index contributed by atoms with van der Waals surface area (Å²) in [6, 6.07) is 7.98. The van der Waals surface area contributed by atoms with Crippen LogP contribution in [-0.4, -0.2) is 23.2 Å². The average molecular weight is 371 g/mol. The van der Waals surface area contributed by atoms with Gasteiger partial charge in [-0.25, -0.2) is 9.97 Å². The first-order chi connectivity index (χ1) is 13.2. The summed E-state index contributed by atoms with van der Waals surface area (Å²) >= 11 is 0. The van der Waals surface area contributed by atoms with Gasteiger partial charge in [0, 0.05) is 30.1 Å². The van der Waals surface area contributed by atoms with Gasteiger partial charge >= 0.3 is 0 Å². The van der Waals surface area contributed by atoms with E-state index in [-0.39, 0.29) is 0 Å². The Morgan fingerprint density at radius 3 is 2.30 bits per heavy atom. The number of unbranched alkanes of at least 4 members (excludes halogenated alkanes) is 4. The summed E-state index contributed by atoms with van der Waals surface area (Å²) in [5.41, 5.74) is 2.01. The Kier molecular flexibility index (Phi) is 9.85. The largest absolute Gasteiger partial charge is 0.493 e. The van der Waals surface area contributed by atoms with E-state index in [9.17, 15) is 0 Å². The highest BCUT2D eigenvalue weighted by molar-refractivity contribution is 5.55. The van der Waals surface area contributed by atoms with Crippen LogP contribution in [0.15, 0.2) is 36.7 Å². The monoisotopic (exact) mass is 370 g/mol. The molecule has 0 fully saturated rings. The van der Waals surface area contributed by atoms with Gasteiger partial charge in [0.15, 0.2) is 5.82 Å². The molecule has 0 N–H and O–H groups in total. The molecule has 0 radical (unpaired) electrons. The number of aromatic nitrogens is 2. The second-order valence-electron chi connectivity index (χ2n) is 7.23. The Hall–Kier alpha value is -1.94. The van der Waals surface area contributed by atoms with E-state index in [0.29, 0.717) is 12.5 Å². The minimum atomic E-state index is 0.569. The first-order valence-corrected chi connectivity index (χ1v) is 10.3. The van der Waals surface area contributed by atoms with Crippen LogP contribution in [0.2, 0.25) is 0 Å². The number of hydrogen-bond acceptors (Lipinski definition) is 4. The number of hydrogen-bond donors (Lipinski definition) is 0. The van der Waals surface area contributed by atoms with Crippen molar-refractivity contribution in [3.8, 4) is 17.1 Å². The summed E-state index contributed by atoms with van der Waals surface area (Å²) in [5.74, 6) is 2.19. The van der Waals surface area contributed by atoms with Gasteiger partial charge in [0.25, 0.3) is 0 Å². The summed E-state index contributed by atoms with van der Waals surface area (Å²) in [4.78, 5) is 8.95. The molecule has 0 saturated carbocycles. The lowest BCUT2D eigenvalue weighted by Gasteiger charge is -2.11. The molecule has 0 aliphatic rings. The van der Waals surface area contributed by atoms with Crippen LogP contribution in [0.1, 0.15) is 64.9 Å². The minimum absolute atomic E-state index is 0.569. The minimum Gasteiger partial charge on any atom is -0.493 e. The van der Waals surface area contributed by atoms with Crippen molar-refractivity contribution in [3.63, 3.8) is 0 Å². The van der Waals surface area contributed by atoms with Crippen molar-refractivity contribution >= 4 is 0 Å². The fourth-order valence-corrected chi connectivity index (χ4v) is 2.63. The Morgan fingerprint density at radius 1 is 0.926 bits per heavy atom. The van der Waals surface area contributed by atoms with Crippen LogP contribution in [0, 0.1) is 5.92 Å². The number of ether oxygens (including phenoxy) is 2. The van der Waals surface area contributed by atoms with Gasteiger partial charge in [0.2, 0.25) is 0 Å². The van der Waals surface area contributed by atoms with E-state index in [1.165, 1.54) is 25.7 Å². The molecular weight excluding hydrogens is 336 g/mol. The van der Waals surface area contributed by atoms with Gasteiger partial charge in [-0.05, 0) is 36.6 Å². The van der Waals surface area contributed by atoms with Crippen LogP contribution < -0.4 is 4.74 Å². The van der Waals surface area contributed by atoms with Crippen LogP contribution in [-0.2, 0) is 11.3 Å². The molecule has 0 aliphatic carbocycles. The molecule has 1 aromatic heterocycles. The maximum atomic E-state index is 5.80. The number of nitrogens with zero attached hydrogens (tertiary/aromatic N) is 2. The zero-order valence-corrected chi connectivity index (χ0v) is 17.1. The highest BCUT2D eigenvalue weighted by Crippen LogP contribution is 2.20. The standard InChI is InChI=1S/C23H34N2O2/c1-4-6-7-8-9-14-26-18-20-15-24-23(25-16-20)21-10-12-22(13-11-21)27-17-19(3)5-2/h10-13,15-16,19H,4-9,14,17-18H2,1-3H3. The Labute approximate surface area is 164 Å². The lowest BCUT2D eigenvalue weighted by atomic mass is 10.1. The van der Waals surface area contributed by atoms with Crippen molar-refractivity contribution in [3.05, 3.63) is 42.2 Å². The first-order valence-electron chi connectivity index (χ1n) is 10.3. The molecule has 1 unspecified atom stereocenters. The summed E-state index contributed by atoms with van der Waals surface area (Å²) in [6.07, 6.45) is 11.1. The zero-order valence-electron chi connectivity index (χ0n) is 17.1. The predicted octanol–water partition coefficient (Wildman–Crippen LogP) is 6.06. The normalized spacial score (nSPS) is 12.1. The molecule has 1 heterocycles. The van der Waals surface area contributed by atoms with Crippen LogP contribution >= 0.6 is 0 Å². The summed E-state index contributed by atoms with van der Waals surface area (Å²) in [6.45, 7) is 8.74. The third kappa shape index (κ3) is 8.08. The second kappa shape index (κ2) is 12.4. The molecule has 4 nitrogen and oxygen atoms in total. The first kappa shape index (κ1) is 21.4. The lowest BCUT2D eigenvalue weighted by molar-refractivity contribution is 0.116. The van der Waals surface area contributed by atoms with E-state index >= 15 is 0 Å². The van der Waals surface area contributed by atoms with E-state index in [2.05, 4.69) is 30.7 Å². The molecule has 0 amide bonds. The molecule has 4 heteroatoms. The Bertz CT molecular complexity index is 626. The van der Waals surface area contributed by atoms with Gasteiger partial charge in [-0.1, -0.05) is 52.9 Å². The van der Waals surface area contributed by atoms with E-state index in [1.807, 2.05) is 36.7 Å². The van der Waals surface area contributed by atoms with Crippen LogP contribution in [0.25, 0.3) is 11.4 Å². The van der Waals surface area contributed by atoms with Gasteiger partial charge in [-0.15, -0.1) is 0 Å². The third-order valence-corrected chi connectivity index (χ3v) is 4.71. The van der Waals surface area contributed by atoms with E-state index in [1.54, 1.807) is 0 Å². The van der Waals surface area contributed by atoms with Gasteiger partial charge in [-0.3, -0.25) is 0 Å². The molecule has 1 aromatic carbocycles. The molecule has 148 valence electrons. The molecule has 1 atom stereocenters. The van der Waals surface area contributed by atoms with Crippen molar-refractivity contribution in [2.75, 3.05) is 13.2 Å². The summed E-state index contributed by atoms with van der Waals surface area (Å²) in [5, 5.41) is 0. The highest BCUT2D eigenvalue weighted by atomic mass is 16.5. The molecule has 2 aromatic rings. The Balaban J connectivity index is 1.75. The van der Waals surface area contributed by atoms with Crippen molar-refractivity contribution in [1.29, 1.82) is 0 Å². The van der Waals surface area contributed by atoms with Crippen LogP contribution in [0.5, 0.6) is 5.75 Å². The predicted molar refractivity (Wildman–Crippen MR) is 111 cm³/mol. The maximum absolute atomic E-state index is 5.80. The molecule has 0 aliphatic heterocycles. The topological polar surface area (TPSA) is 44.2 Å². The van der Waals surface area contributed by atoms with Crippen molar-refractivity contribution in [1.82, 2.24) is 9.97 Å². The molecule has 27 heavy (non-hydrogen) atoms. The maximum Gasteiger partial charge on any atom is 0.159 e. The average Bonchev–Trinajstić information content (AvgIpc) is 2.72. The molecule has 0 saturated heterocycles. The van der Waals surface area contributed by atoms with Crippen molar-refractivity contribution in [2.24, 2.45) is 5.92 Å². The second-order valence-corrected chi connectivity index (χ2v) is 7.23. The SMILES string of the molecule is CCCCCCCOCc1cnc(-c2ccc(OCC(C)CC)cc2)nc1. The molecule has 2 rings (SSSR count). The lowest BCUT2D eigenvalue weighted by Crippen LogP contribution is -2.07. The third-order valence-electron chi connectivity index (χ3n) is 4.71. The van der Waals surface area contributed by atoms with Crippen LogP contribution in [0.3, 0.4) is 0 Å². The smallest absolute Gasteiger partial charge is 0.159 e. The Morgan fingerprint density at radius 2 is 1.63 bits per heavy atom. The molecular formula is C23H34N2O2. The van der Waals surface area contributed by atoms with Crippen molar-refractivity contribution in [2.45, 2.75) is 65.9 Å². The molecule has 0 spiro atoms. The fraction of sp³-hybridized carbons (Fsp3) is 0.565. The fourth-order valence-electron chi connectivity index (χ4n) is 2.63. The van der Waals surface area contributed by atoms with E-state index in [4.69, 9.17) is 9.47 Å². The highest BCUT2D eigenvalue weighted by Gasteiger charge is 2.04. The summed E-state index contributed by atoms with van der Waals surface area (Å²) < 4.78 is 11.5. The quantitative estimate of drug-likeness (QED) is 0.402.